The van der Waals surface area contributed by atoms with Crippen LogP contribution in [0.3, 0.4) is 0 Å². The molecule has 0 aliphatic carbocycles. The molecule has 0 spiro atoms. The number of amides is 1. The predicted octanol–water partition coefficient (Wildman–Crippen LogP) is 3.37. The number of benzene rings is 1. The average molecular weight is 298 g/mol. The van der Waals surface area contributed by atoms with E-state index in [2.05, 4.69) is 11.6 Å². The lowest BCUT2D eigenvalue weighted by Crippen LogP contribution is -2.24. The van der Waals surface area contributed by atoms with E-state index < -0.39 is 5.82 Å². The van der Waals surface area contributed by atoms with Crippen LogP contribution < -0.4 is 11.1 Å². The minimum atomic E-state index is -0.438. The fourth-order valence-corrected chi connectivity index (χ4v) is 2.35. The van der Waals surface area contributed by atoms with Gasteiger partial charge in [0.2, 0.25) is 0 Å². The van der Waals surface area contributed by atoms with Crippen LogP contribution >= 0.6 is 11.8 Å². The monoisotopic (exact) mass is 298 g/mol. The van der Waals surface area contributed by atoms with Crippen molar-refractivity contribution in [1.29, 1.82) is 0 Å². The second kappa shape index (κ2) is 8.84. The Morgan fingerprint density at radius 2 is 2.00 bits per heavy atom. The van der Waals surface area contributed by atoms with Crippen molar-refractivity contribution in [3.63, 3.8) is 0 Å². The molecule has 1 amide bonds. The maximum absolute atomic E-state index is 13.5. The van der Waals surface area contributed by atoms with Crippen molar-refractivity contribution in [2.75, 3.05) is 24.3 Å². The fourth-order valence-electron chi connectivity index (χ4n) is 1.86. The number of halogens is 1. The van der Waals surface area contributed by atoms with Gasteiger partial charge >= 0.3 is 0 Å². The van der Waals surface area contributed by atoms with Crippen molar-refractivity contribution >= 4 is 23.4 Å². The summed E-state index contributed by atoms with van der Waals surface area (Å²) in [6, 6.07) is 2.76. The summed E-state index contributed by atoms with van der Waals surface area (Å²) >= 11 is 1.85. The molecule has 0 atom stereocenters. The first-order valence-electron chi connectivity index (χ1n) is 6.89. The molecule has 0 aliphatic rings. The van der Waals surface area contributed by atoms with E-state index in [0.717, 1.165) is 12.8 Å². The van der Waals surface area contributed by atoms with Gasteiger partial charge in [0.15, 0.2) is 0 Å². The van der Waals surface area contributed by atoms with Crippen molar-refractivity contribution in [1.82, 2.24) is 5.32 Å². The summed E-state index contributed by atoms with van der Waals surface area (Å²) in [5, 5.41) is 2.80. The number of carbonyl (C=O) groups excluding carboxylic acids is 1. The van der Waals surface area contributed by atoms with E-state index in [0.29, 0.717) is 17.8 Å². The fraction of sp³-hybridized carbons (Fsp3) is 0.533. The molecule has 0 aromatic heterocycles. The Kier molecular flexibility index (Phi) is 7.44. The molecule has 0 radical (unpaired) electrons. The van der Waals surface area contributed by atoms with Crippen molar-refractivity contribution in [3.05, 3.63) is 29.1 Å². The van der Waals surface area contributed by atoms with Crippen LogP contribution in [-0.4, -0.2) is 24.5 Å². The van der Waals surface area contributed by atoms with Gasteiger partial charge in [-0.1, -0.05) is 12.8 Å². The van der Waals surface area contributed by atoms with Gasteiger partial charge in [0.1, 0.15) is 5.82 Å². The number of nitrogens with two attached hydrogens (primary N) is 1. The molecule has 0 aliphatic heterocycles. The van der Waals surface area contributed by atoms with Crippen LogP contribution in [0.15, 0.2) is 12.1 Å². The highest BCUT2D eigenvalue weighted by molar-refractivity contribution is 7.98. The van der Waals surface area contributed by atoms with E-state index in [1.165, 1.54) is 30.7 Å². The van der Waals surface area contributed by atoms with E-state index >= 15 is 0 Å². The third-order valence-electron chi connectivity index (χ3n) is 3.21. The minimum absolute atomic E-state index is 0.264. The number of nitrogen functional groups attached to an aromatic ring is 1. The molecule has 20 heavy (non-hydrogen) atoms. The lowest BCUT2D eigenvalue weighted by atomic mass is 10.1. The van der Waals surface area contributed by atoms with Gasteiger partial charge in [0, 0.05) is 23.4 Å². The van der Waals surface area contributed by atoms with Crippen molar-refractivity contribution < 1.29 is 9.18 Å². The van der Waals surface area contributed by atoms with Gasteiger partial charge in [-0.05, 0) is 43.9 Å². The summed E-state index contributed by atoms with van der Waals surface area (Å²) in [6.45, 7) is 2.22. The number of carbonyl (C=O) groups is 1. The van der Waals surface area contributed by atoms with Gasteiger partial charge in [0.05, 0.1) is 0 Å². The molecule has 0 fully saturated rings. The zero-order valence-electron chi connectivity index (χ0n) is 12.2. The van der Waals surface area contributed by atoms with Crippen LogP contribution in [0.25, 0.3) is 0 Å². The Balaban J connectivity index is 2.33. The van der Waals surface area contributed by atoms with Crippen LogP contribution in [-0.2, 0) is 0 Å². The number of hydrogen-bond acceptors (Lipinski definition) is 3. The molecule has 0 unspecified atom stereocenters. The minimum Gasteiger partial charge on any atom is -0.398 e. The zero-order chi connectivity index (χ0) is 15.0. The SMILES string of the molecule is CSCCCCCCNC(=O)c1cc(N)c(C)c(F)c1. The van der Waals surface area contributed by atoms with Gasteiger partial charge < -0.3 is 11.1 Å². The molecule has 3 nitrogen and oxygen atoms in total. The van der Waals surface area contributed by atoms with Crippen LogP contribution in [0, 0.1) is 12.7 Å². The third-order valence-corrected chi connectivity index (χ3v) is 3.90. The average Bonchev–Trinajstić information content (AvgIpc) is 2.43. The van der Waals surface area contributed by atoms with E-state index in [1.54, 1.807) is 6.92 Å². The highest BCUT2D eigenvalue weighted by Crippen LogP contribution is 2.17. The summed E-state index contributed by atoms with van der Waals surface area (Å²) in [6.07, 6.45) is 6.56. The molecule has 0 saturated heterocycles. The molecule has 0 saturated carbocycles. The predicted molar refractivity (Wildman–Crippen MR) is 84.7 cm³/mol. The smallest absolute Gasteiger partial charge is 0.251 e. The lowest BCUT2D eigenvalue weighted by molar-refractivity contribution is 0.0952. The maximum Gasteiger partial charge on any atom is 0.251 e. The van der Waals surface area contributed by atoms with E-state index in [-0.39, 0.29) is 11.5 Å². The highest BCUT2D eigenvalue weighted by atomic mass is 32.2. The van der Waals surface area contributed by atoms with Crippen molar-refractivity contribution in [2.24, 2.45) is 0 Å². The normalized spacial score (nSPS) is 10.6. The van der Waals surface area contributed by atoms with E-state index in [1.807, 2.05) is 11.8 Å². The largest absolute Gasteiger partial charge is 0.398 e. The molecule has 0 heterocycles. The van der Waals surface area contributed by atoms with Gasteiger partial charge in [-0.25, -0.2) is 4.39 Å². The molecular formula is C15H23FN2OS. The molecular weight excluding hydrogens is 275 g/mol. The van der Waals surface area contributed by atoms with E-state index in [4.69, 9.17) is 5.73 Å². The lowest BCUT2D eigenvalue weighted by Gasteiger charge is -2.08. The molecule has 0 bridgehead atoms. The molecule has 1 aromatic rings. The Bertz CT molecular complexity index is 428. The number of rotatable bonds is 8. The maximum atomic E-state index is 13.5. The third kappa shape index (κ3) is 5.41. The first kappa shape index (κ1) is 16.8. The summed E-state index contributed by atoms with van der Waals surface area (Å²) < 4.78 is 13.5. The van der Waals surface area contributed by atoms with Gasteiger partial charge in [-0.3, -0.25) is 4.79 Å². The Morgan fingerprint density at radius 3 is 2.65 bits per heavy atom. The van der Waals surface area contributed by atoms with Crippen LogP contribution in [0.2, 0.25) is 0 Å². The molecule has 112 valence electrons. The number of thioether (sulfide) groups is 1. The number of nitrogens with one attached hydrogen (secondary N) is 1. The second-order valence-electron chi connectivity index (χ2n) is 4.84. The van der Waals surface area contributed by atoms with Crippen molar-refractivity contribution in [2.45, 2.75) is 32.6 Å². The van der Waals surface area contributed by atoms with Crippen LogP contribution in [0.5, 0.6) is 0 Å². The summed E-state index contributed by atoms with van der Waals surface area (Å²) in [7, 11) is 0. The number of unbranched alkanes of at least 4 members (excludes halogenated alkanes) is 3. The van der Waals surface area contributed by atoms with Gasteiger partial charge in [-0.2, -0.15) is 11.8 Å². The van der Waals surface area contributed by atoms with Crippen LogP contribution in [0.1, 0.15) is 41.6 Å². The summed E-state index contributed by atoms with van der Waals surface area (Å²) in [5.74, 6) is 0.487. The van der Waals surface area contributed by atoms with Gasteiger partial charge in [-0.15, -0.1) is 0 Å². The molecule has 5 heteroatoms. The molecule has 3 N–H and O–H groups in total. The first-order valence-corrected chi connectivity index (χ1v) is 8.28. The molecule has 1 aromatic carbocycles. The van der Waals surface area contributed by atoms with Crippen molar-refractivity contribution in [3.8, 4) is 0 Å². The summed E-state index contributed by atoms with van der Waals surface area (Å²) in [4.78, 5) is 11.9. The second-order valence-corrected chi connectivity index (χ2v) is 5.82. The Morgan fingerprint density at radius 1 is 1.30 bits per heavy atom. The molecule has 1 rings (SSSR count). The Labute approximate surface area is 124 Å². The quantitative estimate of drug-likeness (QED) is 0.571. The highest BCUT2D eigenvalue weighted by Gasteiger charge is 2.10. The number of hydrogen-bond donors (Lipinski definition) is 2. The topological polar surface area (TPSA) is 55.1 Å². The van der Waals surface area contributed by atoms with E-state index in [9.17, 15) is 9.18 Å². The zero-order valence-corrected chi connectivity index (χ0v) is 13.0. The summed E-state index contributed by atoms with van der Waals surface area (Å²) in [5.41, 5.74) is 6.64. The first-order chi connectivity index (χ1) is 9.56. The standard InChI is InChI=1S/C15H23FN2OS/c1-11-13(16)9-12(10-14(11)17)15(19)18-7-5-3-4-6-8-20-2/h9-10H,3-8,17H2,1-2H3,(H,18,19). The van der Waals surface area contributed by atoms with Crippen LogP contribution in [0.4, 0.5) is 10.1 Å². The Hall–Kier alpha value is -1.23. The van der Waals surface area contributed by atoms with Gasteiger partial charge in [0.25, 0.3) is 5.91 Å². The number of anilines is 1.